The van der Waals surface area contributed by atoms with E-state index in [1.54, 1.807) is 31.4 Å². The highest BCUT2D eigenvalue weighted by Gasteiger charge is 2.44. The first-order chi connectivity index (χ1) is 10.9. The molecule has 1 unspecified atom stereocenters. The largest absolute Gasteiger partial charge is 0.480 e. The number of hydrogen-bond donors (Lipinski definition) is 1. The van der Waals surface area contributed by atoms with Gasteiger partial charge in [0.2, 0.25) is 0 Å². The van der Waals surface area contributed by atoms with E-state index in [0.29, 0.717) is 31.6 Å². The van der Waals surface area contributed by atoms with E-state index in [1.165, 1.54) is 4.31 Å². The lowest BCUT2D eigenvalue weighted by atomic mass is 10.1. The highest BCUT2D eigenvalue weighted by atomic mass is 32.2. The van der Waals surface area contributed by atoms with E-state index < -0.39 is 22.2 Å². The number of carbonyl (C=O) groups is 1. The molecule has 1 aromatic rings. The number of anilines is 1. The average molecular weight is 340 g/mol. The van der Waals surface area contributed by atoms with Crippen molar-refractivity contribution < 1.29 is 23.1 Å². The van der Waals surface area contributed by atoms with Gasteiger partial charge in [0.1, 0.15) is 6.04 Å². The Morgan fingerprint density at radius 3 is 2.52 bits per heavy atom. The molecule has 0 aliphatic carbocycles. The van der Waals surface area contributed by atoms with E-state index in [9.17, 15) is 18.3 Å². The van der Waals surface area contributed by atoms with Crippen molar-refractivity contribution in [2.24, 2.45) is 0 Å². The Hall–Kier alpha value is -1.64. The molecule has 2 aliphatic heterocycles. The maximum Gasteiger partial charge on any atom is 0.327 e. The number of ether oxygens (including phenoxy) is 1. The predicted octanol–water partition coefficient (Wildman–Crippen LogP) is 0.858. The lowest BCUT2D eigenvalue weighted by Gasteiger charge is -2.35. The van der Waals surface area contributed by atoms with Gasteiger partial charge in [0.15, 0.2) is 0 Å². The number of hydrogen-bond acceptors (Lipinski definition) is 4. The van der Waals surface area contributed by atoms with Crippen molar-refractivity contribution in [1.82, 2.24) is 4.31 Å². The lowest BCUT2D eigenvalue weighted by Crippen LogP contribution is -2.52. The summed E-state index contributed by atoms with van der Waals surface area (Å²) in [6.07, 6.45) is 1.48. The first kappa shape index (κ1) is 16.2. The van der Waals surface area contributed by atoms with Crippen molar-refractivity contribution in [3.05, 3.63) is 29.8 Å². The summed E-state index contributed by atoms with van der Waals surface area (Å²) < 4.78 is 33.7. The lowest BCUT2D eigenvalue weighted by molar-refractivity contribution is -0.138. The molecule has 1 fully saturated rings. The van der Waals surface area contributed by atoms with Crippen LogP contribution in [0.2, 0.25) is 0 Å². The second-order valence-electron chi connectivity index (χ2n) is 5.82. The molecule has 3 rings (SSSR count). The molecule has 0 amide bonds. The standard InChI is InChI=1S/C15H20N2O5S/c1-22-12-6-8-16(9-7-12)23(20,21)17-13-5-3-2-4-11(13)10-14(17)15(18)19/h2-5,12,14H,6-10H2,1H3,(H,18,19). The second kappa shape index (κ2) is 6.10. The Kier molecular flexibility index (Phi) is 4.31. The first-order valence-electron chi connectivity index (χ1n) is 7.58. The number of fused-ring (bicyclic) bond motifs is 1. The highest BCUT2D eigenvalue weighted by Crippen LogP contribution is 2.36. The number of benzene rings is 1. The third-order valence-electron chi connectivity index (χ3n) is 4.52. The van der Waals surface area contributed by atoms with Crippen LogP contribution in [-0.4, -0.2) is 56.1 Å². The summed E-state index contributed by atoms with van der Waals surface area (Å²) in [5.74, 6) is -1.13. The number of methoxy groups -OCH3 is 1. The topological polar surface area (TPSA) is 87.2 Å². The van der Waals surface area contributed by atoms with Crippen molar-refractivity contribution in [2.75, 3.05) is 24.5 Å². The molecule has 2 heterocycles. The molecule has 0 saturated carbocycles. The van der Waals surface area contributed by atoms with Crippen LogP contribution < -0.4 is 4.31 Å². The summed E-state index contributed by atoms with van der Waals surface area (Å²) in [4.78, 5) is 11.6. The van der Waals surface area contributed by atoms with Gasteiger partial charge in [-0.05, 0) is 24.5 Å². The number of para-hydroxylation sites is 1. The SMILES string of the molecule is COC1CCN(S(=O)(=O)N2c3ccccc3CC2C(=O)O)CC1. The smallest absolute Gasteiger partial charge is 0.327 e. The minimum absolute atomic E-state index is 0.0579. The number of carboxylic acids is 1. The van der Waals surface area contributed by atoms with Gasteiger partial charge in [0.25, 0.3) is 0 Å². The molecule has 7 nitrogen and oxygen atoms in total. The molecular formula is C15H20N2O5S. The van der Waals surface area contributed by atoms with E-state index in [1.807, 2.05) is 0 Å². The van der Waals surface area contributed by atoms with Crippen molar-refractivity contribution in [2.45, 2.75) is 31.4 Å². The zero-order valence-electron chi connectivity index (χ0n) is 12.9. The molecule has 1 N–H and O–H groups in total. The summed E-state index contributed by atoms with van der Waals surface area (Å²) in [5, 5.41) is 9.45. The Morgan fingerprint density at radius 1 is 1.26 bits per heavy atom. The molecule has 8 heteroatoms. The van der Waals surface area contributed by atoms with Gasteiger partial charge in [-0.15, -0.1) is 0 Å². The Labute approximate surface area is 135 Å². The third-order valence-corrected chi connectivity index (χ3v) is 6.49. The van der Waals surface area contributed by atoms with Crippen molar-refractivity contribution in [3.8, 4) is 0 Å². The van der Waals surface area contributed by atoms with E-state index >= 15 is 0 Å². The van der Waals surface area contributed by atoms with Crippen molar-refractivity contribution in [3.63, 3.8) is 0 Å². The maximum absolute atomic E-state index is 13.0. The second-order valence-corrected chi connectivity index (χ2v) is 7.63. The Bertz CT molecular complexity index is 698. The van der Waals surface area contributed by atoms with Gasteiger partial charge in [0, 0.05) is 26.6 Å². The monoisotopic (exact) mass is 340 g/mol. The van der Waals surface area contributed by atoms with Crippen molar-refractivity contribution >= 4 is 21.9 Å². The van der Waals surface area contributed by atoms with Gasteiger partial charge < -0.3 is 9.84 Å². The summed E-state index contributed by atoms with van der Waals surface area (Å²) in [7, 11) is -2.25. The Balaban J connectivity index is 1.92. The molecule has 0 aromatic heterocycles. The van der Waals surface area contributed by atoms with Gasteiger partial charge in [-0.2, -0.15) is 12.7 Å². The van der Waals surface area contributed by atoms with E-state index in [-0.39, 0.29) is 12.5 Å². The molecule has 126 valence electrons. The molecule has 1 aromatic carbocycles. The number of piperidine rings is 1. The van der Waals surface area contributed by atoms with Gasteiger partial charge in [0.05, 0.1) is 11.8 Å². The molecule has 1 atom stereocenters. The van der Waals surface area contributed by atoms with Crippen LogP contribution in [0.1, 0.15) is 18.4 Å². The third kappa shape index (κ3) is 2.82. The zero-order valence-corrected chi connectivity index (χ0v) is 13.7. The fraction of sp³-hybridized carbons (Fsp3) is 0.533. The quantitative estimate of drug-likeness (QED) is 0.878. The van der Waals surface area contributed by atoms with Gasteiger partial charge in [-0.1, -0.05) is 18.2 Å². The van der Waals surface area contributed by atoms with Crippen molar-refractivity contribution in [1.29, 1.82) is 0 Å². The number of nitrogens with zero attached hydrogens (tertiary/aromatic N) is 2. The summed E-state index contributed by atoms with van der Waals surface area (Å²) >= 11 is 0. The number of carboxylic acid groups (broad SMARTS) is 1. The van der Waals surface area contributed by atoms with Crippen LogP contribution in [0.5, 0.6) is 0 Å². The predicted molar refractivity (Wildman–Crippen MR) is 84.6 cm³/mol. The minimum Gasteiger partial charge on any atom is -0.480 e. The fourth-order valence-electron chi connectivity index (χ4n) is 3.25. The van der Waals surface area contributed by atoms with Crippen LogP contribution in [0, 0.1) is 0 Å². The van der Waals surface area contributed by atoms with Crippen LogP contribution in [0.4, 0.5) is 5.69 Å². The van der Waals surface area contributed by atoms with Crippen LogP contribution in [-0.2, 0) is 26.2 Å². The fourth-order valence-corrected chi connectivity index (χ4v) is 5.09. The average Bonchev–Trinajstić information content (AvgIpc) is 2.95. The van der Waals surface area contributed by atoms with E-state index in [0.717, 1.165) is 9.87 Å². The van der Waals surface area contributed by atoms with Gasteiger partial charge in [-0.3, -0.25) is 0 Å². The summed E-state index contributed by atoms with van der Waals surface area (Å²) in [6.45, 7) is 0.678. The van der Waals surface area contributed by atoms with Crippen LogP contribution in [0.25, 0.3) is 0 Å². The van der Waals surface area contributed by atoms with Gasteiger partial charge in [-0.25, -0.2) is 9.10 Å². The van der Waals surface area contributed by atoms with E-state index in [4.69, 9.17) is 4.74 Å². The molecule has 23 heavy (non-hydrogen) atoms. The molecule has 1 saturated heterocycles. The van der Waals surface area contributed by atoms with Gasteiger partial charge >= 0.3 is 16.2 Å². The molecular weight excluding hydrogens is 320 g/mol. The van der Waals surface area contributed by atoms with Crippen LogP contribution in [0.3, 0.4) is 0 Å². The molecule has 0 radical (unpaired) electrons. The molecule has 0 bridgehead atoms. The normalized spacial score (nSPS) is 23.0. The van der Waals surface area contributed by atoms with Crippen LogP contribution in [0.15, 0.2) is 24.3 Å². The summed E-state index contributed by atoms with van der Waals surface area (Å²) in [6, 6.07) is 5.87. The minimum atomic E-state index is -3.87. The summed E-state index contributed by atoms with van der Waals surface area (Å²) in [5.41, 5.74) is 1.21. The highest BCUT2D eigenvalue weighted by molar-refractivity contribution is 7.90. The molecule has 0 spiro atoms. The number of aliphatic carboxylic acids is 1. The Morgan fingerprint density at radius 2 is 1.91 bits per heavy atom. The molecule has 2 aliphatic rings. The first-order valence-corrected chi connectivity index (χ1v) is 8.98. The van der Waals surface area contributed by atoms with E-state index in [2.05, 4.69) is 0 Å². The zero-order chi connectivity index (χ0) is 16.6. The number of rotatable bonds is 4. The maximum atomic E-state index is 13.0. The van der Waals surface area contributed by atoms with Crippen LogP contribution >= 0.6 is 0 Å².